The van der Waals surface area contributed by atoms with Crippen LogP contribution in [0.3, 0.4) is 0 Å². The smallest absolute Gasteiger partial charge is 0.173 e. The Balaban J connectivity index is 2.13. The normalized spacial score (nSPS) is 10.8. The Morgan fingerprint density at radius 2 is 1.64 bits per heavy atom. The molecule has 3 rings (SSSR count). The van der Waals surface area contributed by atoms with Gasteiger partial charge in [-0.1, -0.05) is 5.16 Å². The first-order valence-corrected chi connectivity index (χ1v) is 7.35. The summed E-state index contributed by atoms with van der Waals surface area (Å²) in [4.78, 5) is 0. The first kappa shape index (κ1) is 16.9. The Labute approximate surface area is 142 Å². The molecule has 5 nitrogen and oxygen atoms in total. The molecule has 2 aromatic carbocycles. The maximum absolute atomic E-state index is 13.5. The number of rotatable bonds is 5. The van der Waals surface area contributed by atoms with Gasteiger partial charge >= 0.3 is 0 Å². The molecule has 1 heterocycles. The van der Waals surface area contributed by atoms with Crippen molar-refractivity contribution in [2.75, 3.05) is 14.2 Å². The lowest BCUT2D eigenvalue weighted by Crippen LogP contribution is -1.92. The van der Waals surface area contributed by atoms with Gasteiger partial charge in [0.2, 0.25) is 0 Å². The Kier molecular flexibility index (Phi) is 4.67. The first-order chi connectivity index (χ1) is 12.1. The van der Waals surface area contributed by atoms with Crippen molar-refractivity contribution in [3.63, 3.8) is 0 Å². The lowest BCUT2D eigenvalue weighted by Gasteiger charge is -2.07. The van der Waals surface area contributed by atoms with Gasteiger partial charge in [0.15, 0.2) is 17.4 Å². The van der Waals surface area contributed by atoms with E-state index in [1.807, 2.05) is 0 Å². The number of aliphatic hydroxyl groups is 1. The van der Waals surface area contributed by atoms with E-state index >= 15 is 0 Å². The fraction of sp³-hybridized carbons (Fsp3) is 0.167. The van der Waals surface area contributed by atoms with E-state index in [-0.39, 0.29) is 5.69 Å². The van der Waals surface area contributed by atoms with Crippen LogP contribution in [-0.4, -0.2) is 24.5 Å². The molecular weight excluding hydrogens is 332 g/mol. The average molecular weight is 347 g/mol. The Morgan fingerprint density at radius 1 is 0.960 bits per heavy atom. The van der Waals surface area contributed by atoms with Crippen molar-refractivity contribution in [1.82, 2.24) is 5.16 Å². The third kappa shape index (κ3) is 3.18. The third-order valence-electron chi connectivity index (χ3n) is 3.75. The molecule has 0 aliphatic carbocycles. The monoisotopic (exact) mass is 347 g/mol. The molecule has 0 amide bonds. The summed E-state index contributed by atoms with van der Waals surface area (Å²) in [7, 11) is 3.03. The molecule has 0 unspecified atom stereocenters. The van der Waals surface area contributed by atoms with Gasteiger partial charge in [-0.05, 0) is 30.3 Å². The van der Waals surface area contributed by atoms with E-state index < -0.39 is 18.2 Å². The predicted octanol–water partition coefficient (Wildman–Crippen LogP) is 3.80. The van der Waals surface area contributed by atoms with Gasteiger partial charge in [-0.3, -0.25) is 0 Å². The van der Waals surface area contributed by atoms with Crippen LogP contribution in [0, 0.1) is 11.6 Å². The highest BCUT2D eigenvalue weighted by molar-refractivity contribution is 5.74. The lowest BCUT2D eigenvalue weighted by molar-refractivity contribution is 0.281. The summed E-state index contributed by atoms with van der Waals surface area (Å²) in [5.74, 6) is -0.614. The number of ether oxygens (including phenoxy) is 2. The fourth-order valence-electron chi connectivity index (χ4n) is 2.49. The average Bonchev–Trinajstić information content (AvgIpc) is 3.07. The second kappa shape index (κ2) is 6.90. The molecule has 1 N–H and O–H groups in total. The first-order valence-electron chi connectivity index (χ1n) is 7.35. The number of hydrogen-bond donors (Lipinski definition) is 1. The van der Waals surface area contributed by atoms with Crippen LogP contribution in [0.15, 0.2) is 40.9 Å². The summed E-state index contributed by atoms with van der Waals surface area (Å²) in [5.41, 5.74) is 1.45. The molecule has 0 saturated heterocycles. The van der Waals surface area contributed by atoms with E-state index in [9.17, 15) is 13.9 Å². The molecule has 0 fully saturated rings. The Hall–Kier alpha value is -2.93. The van der Waals surface area contributed by atoms with Crippen molar-refractivity contribution < 1.29 is 27.9 Å². The summed E-state index contributed by atoms with van der Waals surface area (Å²) < 4.78 is 42.4. The molecule has 0 spiro atoms. The minimum atomic E-state index is -1.01. The van der Waals surface area contributed by atoms with Crippen LogP contribution in [0.2, 0.25) is 0 Å². The standard InChI is InChI=1S/C18H15F2NO4/c1-23-12-5-11(6-13(8-12)24-2)18-14(9-22)17(21-25-18)10-3-4-15(19)16(20)7-10/h3-8,22H,9H2,1-2H3. The summed E-state index contributed by atoms with van der Waals surface area (Å²) >= 11 is 0. The van der Waals surface area contributed by atoms with Crippen molar-refractivity contribution in [3.8, 4) is 34.1 Å². The summed E-state index contributed by atoms with van der Waals surface area (Å²) in [6.45, 7) is -0.396. The molecule has 0 bridgehead atoms. The van der Waals surface area contributed by atoms with E-state index in [0.717, 1.165) is 12.1 Å². The van der Waals surface area contributed by atoms with Gasteiger partial charge in [-0.15, -0.1) is 0 Å². The van der Waals surface area contributed by atoms with Crippen LogP contribution >= 0.6 is 0 Å². The second-order valence-corrected chi connectivity index (χ2v) is 5.23. The number of aromatic nitrogens is 1. The molecule has 7 heteroatoms. The summed E-state index contributed by atoms with van der Waals surface area (Å²) in [6.07, 6.45) is 0. The molecule has 0 saturated carbocycles. The number of methoxy groups -OCH3 is 2. The van der Waals surface area contributed by atoms with Crippen molar-refractivity contribution >= 4 is 0 Å². The lowest BCUT2D eigenvalue weighted by atomic mass is 10.0. The van der Waals surface area contributed by atoms with Crippen LogP contribution < -0.4 is 9.47 Å². The zero-order valence-electron chi connectivity index (χ0n) is 13.5. The summed E-state index contributed by atoms with van der Waals surface area (Å²) in [6, 6.07) is 8.44. The van der Waals surface area contributed by atoms with Gasteiger partial charge in [0.25, 0.3) is 0 Å². The molecule has 3 aromatic rings. The molecular formula is C18H15F2NO4. The maximum Gasteiger partial charge on any atom is 0.173 e. The van der Waals surface area contributed by atoms with Gasteiger partial charge in [0, 0.05) is 17.2 Å². The molecule has 0 radical (unpaired) electrons. The predicted molar refractivity (Wildman–Crippen MR) is 86.3 cm³/mol. The number of aliphatic hydroxyl groups excluding tert-OH is 1. The Morgan fingerprint density at radius 3 is 2.20 bits per heavy atom. The van der Waals surface area contributed by atoms with Crippen LogP contribution in [0.4, 0.5) is 8.78 Å². The molecule has 1 aromatic heterocycles. The molecule has 0 aliphatic rings. The third-order valence-corrected chi connectivity index (χ3v) is 3.75. The van der Waals surface area contributed by atoms with Crippen LogP contribution in [0.5, 0.6) is 11.5 Å². The molecule has 130 valence electrons. The van der Waals surface area contributed by atoms with Gasteiger partial charge in [-0.2, -0.15) is 0 Å². The van der Waals surface area contributed by atoms with Crippen LogP contribution in [-0.2, 0) is 6.61 Å². The van der Waals surface area contributed by atoms with Crippen LogP contribution in [0.1, 0.15) is 5.56 Å². The molecule has 0 aliphatic heterocycles. The highest BCUT2D eigenvalue weighted by Gasteiger charge is 2.20. The van der Waals surface area contributed by atoms with Crippen LogP contribution in [0.25, 0.3) is 22.6 Å². The van der Waals surface area contributed by atoms with E-state index in [4.69, 9.17) is 14.0 Å². The zero-order valence-corrected chi connectivity index (χ0v) is 13.5. The van der Waals surface area contributed by atoms with Gasteiger partial charge in [0.05, 0.1) is 26.4 Å². The zero-order chi connectivity index (χ0) is 18.0. The number of hydrogen-bond acceptors (Lipinski definition) is 5. The van der Waals surface area contributed by atoms with Crippen molar-refractivity contribution in [3.05, 3.63) is 53.6 Å². The van der Waals surface area contributed by atoms with Gasteiger partial charge < -0.3 is 19.1 Å². The maximum atomic E-state index is 13.5. The van der Waals surface area contributed by atoms with Crippen molar-refractivity contribution in [2.24, 2.45) is 0 Å². The molecule has 0 atom stereocenters. The van der Waals surface area contributed by atoms with Gasteiger partial charge in [-0.25, -0.2) is 8.78 Å². The highest BCUT2D eigenvalue weighted by atomic mass is 19.2. The van der Waals surface area contributed by atoms with E-state index in [1.165, 1.54) is 20.3 Å². The van der Waals surface area contributed by atoms with Gasteiger partial charge in [0.1, 0.15) is 17.2 Å². The minimum Gasteiger partial charge on any atom is -0.497 e. The second-order valence-electron chi connectivity index (χ2n) is 5.23. The Bertz CT molecular complexity index is 886. The molecule has 25 heavy (non-hydrogen) atoms. The van der Waals surface area contributed by atoms with E-state index in [1.54, 1.807) is 18.2 Å². The largest absolute Gasteiger partial charge is 0.497 e. The van der Waals surface area contributed by atoms with Crippen molar-refractivity contribution in [2.45, 2.75) is 6.61 Å². The quantitative estimate of drug-likeness (QED) is 0.761. The minimum absolute atomic E-state index is 0.234. The fourth-order valence-corrected chi connectivity index (χ4v) is 2.49. The van der Waals surface area contributed by atoms with E-state index in [2.05, 4.69) is 5.16 Å². The van der Waals surface area contributed by atoms with Crippen molar-refractivity contribution in [1.29, 1.82) is 0 Å². The summed E-state index contributed by atoms with van der Waals surface area (Å²) in [5, 5.41) is 13.7. The van der Waals surface area contributed by atoms with E-state index in [0.29, 0.717) is 33.9 Å². The highest BCUT2D eigenvalue weighted by Crippen LogP contribution is 2.36. The SMILES string of the molecule is COc1cc(OC)cc(-c2onc(-c3ccc(F)c(F)c3)c2CO)c1. The number of nitrogens with zero attached hydrogens (tertiary/aromatic N) is 1. The topological polar surface area (TPSA) is 64.7 Å². The number of benzene rings is 2. The number of halogens is 2.